The number of para-hydroxylation sites is 2. The molecule has 0 aliphatic rings. The van der Waals surface area contributed by atoms with E-state index in [4.69, 9.17) is 21.8 Å². The van der Waals surface area contributed by atoms with Gasteiger partial charge in [0.05, 0.1) is 41.9 Å². The summed E-state index contributed by atoms with van der Waals surface area (Å²) in [4.78, 5) is 3.62. The molecule has 0 aliphatic carbocycles. The summed E-state index contributed by atoms with van der Waals surface area (Å²) in [5.74, 6) is 5.87. The molecule has 25 heavy (non-hydrogen) atoms. The van der Waals surface area contributed by atoms with E-state index in [2.05, 4.69) is 6.04 Å². The summed E-state index contributed by atoms with van der Waals surface area (Å²) in [6.07, 6.45) is 1.91. The molecule has 0 bridgehead atoms. The highest BCUT2D eigenvalue weighted by Crippen LogP contribution is 2.35. The zero-order chi connectivity index (χ0) is 18.4. The Kier molecular flexibility index (Phi) is 5.95. The molecule has 132 valence electrons. The van der Waals surface area contributed by atoms with Gasteiger partial charge in [0.15, 0.2) is 0 Å². The van der Waals surface area contributed by atoms with Crippen molar-refractivity contribution in [3.8, 4) is 12.2 Å². The van der Waals surface area contributed by atoms with Crippen molar-refractivity contribution in [3.63, 3.8) is 0 Å². The summed E-state index contributed by atoms with van der Waals surface area (Å²) in [5, 5.41) is 19.3. The Morgan fingerprint density at radius 3 is 2.32 bits per heavy atom. The fraction of sp³-hybridized carbons (Fsp3) is 0.222. The lowest BCUT2D eigenvalue weighted by atomic mass is 10.2. The van der Waals surface area contributed by atoms with Gasteiger partial charge in [0.25, 0.3) is 0 Å². The maximum Gasteiger partial charge on any atom is 0.131 e. The first-order valence-electron chi connectivity index (χ1n) is 7.73. The molecule has 0 aliphatic heterocycles. The molecular formula is C18H23N5O2. The molecule has 0 aromatic heterocycles. The normalized spacial score (nSPS) is 9.92. The van der Waals surface area contributed by atoms with Crippen molar-refractivity contribution >= 4 is 28.4 Å². The van der Waals surface area contributed by atoms with E-state index in [1.165, 1.54) is 5.01 Å². The third kappa shape index (κ3) is 4.07. The highest BCUT2D eigenvalue weighted by Gasteiger charge is 2.13. The van der Waals surface area contributed by atoms with Gasteiger partial charge in [0.2, 0.25) is 0 Å². The fourth-order valence-electron chi connectivity index (χ4n) is 2.55. The third-order valence-corrected chi connectivity index (χ3v) is 3.87. The number of hydrazine groups is 1. The van der Waals surface area contributed by atoms with E-state index in [0.717, 1.165) is 17.1 Å². The third-order valence-electron chi connectivity index (χ3n) is 3.87. The molecule has 0 radical (unpaired) electrons. The van der Waals surface area contributed by atoms with Gasteiger partial charge in [-0.1, -0.05) is 12.1 Å². The predicted molar refractivity (Wildman–Crippen MR) is 102 cm³/mol. The minimum absolute atomic E-state index is 0.0524. The van der Waals surface area contributed by atoms with Gasteiger partial charge in [0.1, 0.15) is 6.11 Å². The van der Waals surface area contributed by atoms with Gasteiger partial charge >= 0.3 is 0 Å². The van der Waals surface area contributed by atoms with Crippen LogP contribution in [0.2, 0.25) is 0 Å². The number of anilines is 5. The van der Waals surface area contributed by atoms with Crippen LogP contribution in [0.4, 0.5) is 28.4 Å². The van der Waals surface area contributed by atoms with Crippen LogP contribution in [0.5, 0.6) is 0 Å². The number of hydrogen-bond acceptors (Lipinski definition) is 7. The zero-order valence-corrected chi connectivity index (χ0v) is 14.3. The Morgan fingerprint density at radius 2 is 1.72 bits per heavy atom. The summed E-state index contributed by atoms with van der Waals surface area (Å²) in [6.45, 7) is 0.246. The first-order valence-corrected chi connectivity index (χ1v) is 7.73. The van der Waals surface area contributed by atoms with Crippen LogP contribution in [-0.2, 0) is 0 Å². The molecule has 0 amide bonds. The van der Waals surface area contributed by atoms with Crippen LogP contribution in [-0.4, -0.2) is 37.5 Å². The van der Waals surface area contributed by atoms with E-state index in [0.29, 0.717) is 17.9 Å². The molecule has 2 aromatic carbocycles. The molecule has 0 spiro atoms. The molecule has 6 N–H and O–H groups in total. The fourth-order valence-corrected chi connectivity index (χ4v) is 2.55. The maximum atomic E-state index is 9.00. The number of aliphatic hydroxyl groups is 2. The molecule has 0 heterocycles. The highest BCUT2D eigenvalue weighted by molar-refractivity contribution is 5.81. The van der Waals surface area contributed by atoms with Crippen LogP contribution < -0.4 is 26.4 Å². The minimum Gasteiger partial charge on any atom is -0.461 e. The zero-order valence-electron chi connectivity index (χ0n) is 14.3. The molecule has 0 fully saturated rings. The topological polar surface area (TPSA) is 102 Å². The van der Waals surface area contributed by atoms with Gasteiger partial charge in [-0.05, 0) is 30.3 Å². The van der Waals surface area contributed by atoms with E-state index >= 15 is 0 Å². The lowest BCUT2D eigenvalue weighted by Crippen LogP contribution is -2.34. The first kappa shape index (κ1) is 18.3. The van der Waals surface area contributed by atoms with Crippen molar-refractivity contribution in [2.45, 2.75) is 0 Å². The smallest absolute Gasteiger partial charge is 0.131 e. The standard InChI is InChI=1S/C18H23N5O2/c1-21(9-11-24)17-5-3-4-6-18(17)22(2)14-7-8-16(15(19)13-14)23(20)10-12-25/h3-8,13,24-25H,10,12,19-20H2,1-2H3. The van der Waals surface area contributed by atoms with Gasteiger partial charge in [-0.15, -0.1) is 0 Å². The van der Waals surface area contributed by atoms with E-state index in [1.54, 1.807) is 11.9 Å². The lowest BCUT2D eigenvalue weighted by Gasteiger charge is -2.26. The second-order valence-electron chi connectivity index (χ2n) is 5.49. The van der Waals surface area contributed by atoms with Crippen LogP contribution in [0.15, 0.2) is 42.5 Å². The SMILES string of the molecule is CN(C#CO)c1ccccc1N(C)c1ccc(N(N)CCO)c(N)c1. The van der Waals surface area contributed by atoms with Gasteiger partial charge in [-0.2, -0.15) is 0 Å². The maximum absolute atomic E-state index is 9.00. The lowest BCUT2D eigenvalue weighted by molar-refractivity contribution is 0.302. The second kappa shape index (κ2) is 8.15. The van der Waals surface area contributed by atoms with Crippen LogP contribution >= 0.6 is 0 Å². The second-order valence-corrected chi connectivity index (χ2v) is 5.49. The Hall–Kier alpha value is -3.08. The van der Waals surface area contributed by atoms with Crippen molar-refractivity contribution in [2.24, 2.45) is 5.84 Å². The highest BCUT2D eigenvalue weighted by atomic mass is 16.3. The molecule has 0 unspecified atom stereocenters. The number of hydrogen-bond donors (Lipinski definition) is 4. The molecule has 2 aromatic rings. The first-order chi connectivity index (χ1) is 12.0. The van der Waals surface area contributed by atoms with Crippen LogP contribution in [0.25, 0.3) is 0 Å². The summed E-state index contributed by atoms with van der Waals surface area (Å²) >= 11 is 0. The van der Waals surface area contributed by atoms with Crippen LogP contribution in [0.1, 0.15) is 0 Å². The Bertz CT molecular complexity index is 785. The number of benzene rings is 2. The molecular weight excluding hydrogens is 318 g/mol. The monoisotopic (exact) mass is 341 g/mol. The average molecular weight is 341 g/mol. The summed E-state index contributed by atoms with van der Waals surface area (Å²) in [6, 6.07) is 15.8. The van der Waals surface area contributed by atoms with Crippen molar-refractivity contribution in [1.29, 1.82) is 0 Å². The minimum atomic E-state index is -0.0524. The molecule has 0 atom stereocenters. The average Bonchev–Trinajstić information content (AvgIpc) is 2.61. The number of nitrogens with zero attached hydrogens (tertiary/aromatic N) is 3. The van der Waals surface area contributed by atoms with E-state index in [1.807, 2.05) is 60.5 Å². The number of nitrogen functional groups attached to an aromatic ring is 1. The van der Waals surface area contributed by atoms with Crippen LogP contribution in [0, 0.1) is 12.2 Å². The number of aliphatic hydroxyl groups excluding tert-OH is 2. The Labute approximate surface area is 147 Å². The van der Waals surface area contributed by atoms with E-state index < -0.39 is 0 Å². The molecule has 2 rings (SSSR count). The van der Waals surface area contributed by atoms with Gasteiger partial charge in [-0.3, -0.25) is 4.90 Å². The molecule has 0 saturated heterocycles. The molecule has 0 saturated carbocycles. The predicted octanol–water partition coefficient (Wildman–Crippen LogP) is 1.44. The van der Waals surface area contributed by atoms with Gasteiger partial charge in [0, 0.05) is 19.8 Å². The van der Waals surface area contributed by atoms with Crippen molar-refractivity contribution < 1.29 is 10.2 Å². The summed E-state index contributed by atoms with van der Waals surface area (Å²) < 4.78 is 0. The summed E-state index contributed by atoms with van der Waals surface area (Å²) in [7, 11) is 3.69. The number of nitrogens with two attached hydrogens (primary N) is 2. The number of rotatable bonds is 6. The summed E-state index contributed by atoms with van der Waals surface area (Å²) in [5.41, 5.74) is 9.91. The van der Waals surface area contributed by atoms with Crippen molar-refractivity contribution in [1.82, 2.24) is 0 Å². The van der Waals surface area contributed by atoms with Crippen molar-refractivity contribution in [2.75, 3.05) is 47.8 Å². The largest absolute Gasteiger partial charge is 0.461 e. The Balaban J connectivity index is 2.37. The molecule has 7 nitrogen and oxygen atoms in total. The van der Waals surface area contributed by atoms with E-state index in [-0.39, 0.29) is 6.61 Å². The van der Waals surface area contributed by atoms with Crippen molar-refractivity contribution in [3.05, 3.63) is 42.5 Å². The molecule has 7 heteroatoms. The Morgan fingerprint density at radius 1 is 1.04 bits per heavy atom. The van der Waals surface area contributed by atoms with E-state index in [9.17, 15) is 0 Å². The van der Waals surface area contributed by atoms with Crippen LogP contribution in [0.3, 0.4) is 0 Å². The van der Waals surface area contributed by atoms with Gasteiger partial charge in [-0.25, -0.2) is 5.84 Å². The van der Waals surface area contributed by atoms with Gasteiger partial charge < -0.3 is 25.9 Å². The quantitative estimate of drug-likeness (QED) is 0.207.